The van der Waals surface area contributed by atoms with Crippen molar-refractivity contribution in [3.8, 4) is 6.07 Å². The van der Waals surface area contributed by atoms with Crippen molar-refractivity contribution in [1.29, 1.82) is 5.26 Å². The van der Waals surface area contributed by atoms with E-state index in [1.807, 2.05) is 56.0 Å². The Kier molecular flexibility index (Phi) is 8.03. The van der Waals surface area contributed by atoms with E-state index in [4.69, 9.17) is 21.1 Å². The highest BCUT2D eigenvalue weighted by atomic mass is 35.5. The fourth-order valence-electron chi connectivity index (χ4n) is 4.50. The number of benzene rings is 1. The standard InChI is InChI=1S/C26H31ClN6O4/c1-26(2,3)37-24(34)32-12-10-20-21(16-32)29-23(27)30-22(20)31-13-14-33(19(15-31)9-11-28)25(35)36-17-18-7-5-4-6-8-18/h4-8,19H,9-10,12-17H2,1-3H3/t19-/m1/s1. The normalized spacial score (nSPS) is 17.6. The zero-order valence-corrected chi connectivity index (χ0v) is 22.1. The number of rotatable bonds is 4. The van der Waals surface area contributed by atoms with Crippen LogP contribution in [0, 0.1) is 11.3 Å². The number of fused-ring (bicyclic) bond motifs is 1. The van der Waals surface area contributed by atoms with Crippen LogP contribution in [0.5, 0.6) is 0 Å². The predicted octanol–water partition coefficient (Wildman–Crippen LogP) is 4.16. The van der Waals surface area contributed by atoms with Crippen LogP contribution >= 0.6 is 11.6 Å². The molecular formula is C26H31ClN6O4. The maximum absolute atomic E-state index is 12.9. The molecule has 0 spiro atoms. The Bertz CT molecular complexity index is 1180. The van der Waals surface area contributed by atoms with Crippen molar-refractivity contribution < 1.29 is 19.1 Å². The van der Waals surface area contributed by atoms with Crippen LogP contribution in [0.1, 0.15) is 44.0 Å². The van der Waals surface area contributed by atoms with Crippen molar-refractivity contribution in [1.82, 2.24) is 19.8 Å². The maximum atomic E-state index is 12.9. The summed E-state index contributed by atoms with van der Waals surface area (Å²) in [6.45, 7) is 7.67. The number of halogens is 1. The highest BCUT2D eigenvalue weighted by Crippen LogP contribution is 2.30. The summed E-state index contributed by atoms with van der Waals surface area (Å²) < 4.78 is 11.0. The zero-order valence-electron chi connectivity index (χ0n) is 21.3. The van der Waals surface area contributed by atoms with E-state index in [1.165, 1.54) is 0 Å². The van der Waals surface area contributed by atoms with Gasteiger partial charge >= 0.3 is 12.2 Å². The Labute approximate surface area is 221 Å². The monoisotopic (exact) mass is 526 g/mol. The van der Waals surface area contributed by atoms with Crippen molar-refractivity contribution in [2.24, 2.45) is 0 Å². The van der Waals surface area contributed by atoms with Crippen molar-refractivity contribution in [2.75, 3.05) is 31.1 Å². The molecule has 37 heavy (non-hydrogen) atoms. The molecule has 196 valence electrons. The Morgan fingerprint density at radius 3 is 2.59 bits per heavy atom. The number of aromatic nitrogens is 2. The minimum absolute atomic E-state index is 0.0846. The average Bonchev–Trinajstić information content (AvgIpc) is 2.86. The molecule has 2 aromatic rings. The highest BCUT2D eigenvalue weighted by molar-refractivity contribution is 6.28. The van der Waals surface area contributed by atoms with Gasteiger partial charge in [0.05, 0.1) is 30.8 Å². The fourth-order valence-corrected chi connectivity index (χ4v) is 4.68. The summed E-state index contributed by atoms with van der Waals surface area (Å²) in [4.78, 5) is 39.6. The minimum Gasteiger partial charge on any atom is -0.445 e. The van der Waals surface area contributed by atoms with Crippen LogP contribution in [0.15, 0.2) is 30.3 Å². The van der Waals surface area contributed by atoms with Crippen LogP contribution in [0.25, 0.3) is 0 Å². The molecular weight excluding hydrogens is 496 g/mol. The molecule has 10 nitrogen and oxygen atoms in total. The fraction of sp³-hybridized carbons (Fsp3) is 0.500. The lowest BCUT2D eigenvalue weighted by Gasteiger charge is -2.41. The molecule has 3 heterocycles. The van der Waals surface area contributed by atoms with Gasteiger partial charge in [0.25, 0.3) is 0 Å². The van der Waals surface area contributed by atoms with E-state index in [0.29, 0.717) is 44.1 Å². The molecule has 2 aliphatic rings. The summed E-state index contributed by atoms with van der Waals surface area (Å²) in [5.41, 5.74) is 1.89. The third-order valence-electron chi connectivity index (χ3n) is 6.22. The molecule has 1 saturated heterocycles. The summed E-state index contributed by atoms with van der Waals surface area (Å²) in [6.07, 6.45) is -0.140. The van der Waals surface area contributed by atoms with E-state index in [9.17, 15) is 14.9 Å². The number of carbonyl (C=O) groups excluding carboxylic acids is 2. The van der Waals surface area contributed by atoms with Gasteiger partial charge in [-0.1, -0.05) is 30.3 Å². The van der Waals surface area contributed by atoms with Gasteiger partial charge in [0.2, 0.25) is 5.28 Å². The van der Waals surface area contributed by atoms with Crippen molar-refractivity contribution in [3.63, 3.8) is 0 Å². The third-order valence-corrected chi connectivity index (χ3v) is 6.39. The van der Waals surface area contributed by atoms with Crippen molar-refractivity contribution in [2.45, 2.75) is 58.4 Å². The summed E-state index contributed by atoms with van der Waals surface area (Å²) in [6, 6.07) is 11.3. The van der Waals surface area contributed by atoms with E-state index in [-0.39, 0.29) is 30.9 Å². The second kappa shape index (κ2) is 11.2. The molecule has 0 unspecified atom stereocenters. The quantitative estimate of drug-likeness (QED) is 0.546. The van der Waals surface area contributed by atoms with Gasteiger partial charge in [-0.2, -0.15) is 5.26 Å². The topological polar surface area (TPSA) is 112 Å². The molecule has 2 aliphatic heterocycles. The lowest BCUT2D eigenvalue weighted by Crippen LogP contribution is -2.56. The Balaban J connectivity index is 1.47. The Morgan fingerprint density at radius 2 is 1.89 bits per heavy atom. The molecule has 0 bridgehead atoms. The van der Waals surface area contributed by atoms with E-state index in [2.05, 4.69) is 16.0 Å². The number of anilines is 1. The molecule has 1 aromatic heterocycles. The van der Waals surface area contributed by atoms with Crippen LogP contribution in [-0.4, -0.2) is 69.8 Å². The maximum Gasteiger partial charge on any atom is 0.410 e. The van der Waals surface area contributed by atoms with E-state index < -0.39 is 17.8 Å². The molecule has 0 saturated carbocycles. The number of nitrogens with zero attached hydrogens (tertiary/aromatic N) is 6. The van der Waals surface area contributed by atoms with Gasteiger partial charge < -0.3 is 24.2 Å². The second-order valence-electron chi connectivity index (χ2n) is 10.1. The van der Waals surface area contributed by atoms with E-state index >= 15 is 0 Å². The van der Waals surface area contributed by atoms with Crippen LogP contribution in [0.2, 0.25) is 5.28 Å². The Morgan fingerprint density at radius 1 is 1.14 bits per heavy atom. The summed E-state index contributed by atoms with van der Waals surface area (Å²) in [7, 11) is 0. The Hall–Kier alpha value is -3.58. The molecule has 2 amide bonds. The highest BCUT2D eigenvalue weighted by Gasteiger charge is 2.35. The number of amides is 2. The largest absolute Gasteiger partial charge is 0.445 e. The first-order valence-electron chi connectivity index (χ1n) is 12.3. The van der Waals surface area contributed by atoms with Gasteiger partial charge in [0.15, 0.2) is 0 Å². The minimum atomic E-state index is -0.594. The van der Waals surface area contributed by atoms with Gasteiger partial charge in [-0.25, -0.2) is 19.6 Å². The number of hydrogen-bond acceptors (Lipinski definition) is 8. The lowest BCUT2D eigenvalue weighted by molar-refractivity contribution is 0.0220. The first-order valence-corrected chi connectivity index (χ1v) is 12.6. The summed E-state index contributed by atoms with van der Waals surface area (Å²) in [5, 5.41) is 9.52. The second-order valence-corrected chi connectivity index (χ2v) is 10.4. The van der Waals surface area contributed by atoms with E-state index in [0.717, 1.165) is 11.1 Å². The third kappa shape index (κ3) is 6.60. The molecule has 4 rings (SSSR count). The molecule has 1 fully saturated rings. The molecule has 0 aliphatic carbocycles. The molecule has 11 heteroatoms. The van der Waals surface area contributed by atoms with Crippen molar-refractivity contribution in [3.05, 3.63) is 52.4 Å². The number of ether oxygens (including phenoxy) is 2. The molecule has 0 radical (unpaired) electrons. The van der Waals surface area contributed by atoms with Crippen LogP contribution < -0.4 is 4.90 Å². The van der Waals surface area contributed by atoms with Gasteiger partial charge in [-0.3, -0.25) is 0 Å². The smallest absolute Gasteiger partial charge is 0.410 e. The predicted molar refractivity (Wildman–Crippen MR) is 137 cm³/mol. The van der Waals surface area contributed by atoms with Crippen LogP contribution in [0.4, 0.5) is 15.4 Å². The number of hydrogen-bond donors (Lipinski definition) is 0. The number of nitriles is 1. The number of carbonyl (C=O) groups is 2. The van der Waals surface area contributed by atoms with E-state index in [1.54, 1.807) is 9.80 Å². The molecule has 1 atom stereocenters. The molecule has 1 aromatic carbocycles. The first kappa shape index (κ1) is 26.5. The average molecular weight is 527 g/mol. The first-order chi connectivity index (χ1) is 17.6. The summed E-state index contributed by atoms with van der Waals surface area (Å²) in [5.74, 6) is 0.680. The van der Waals surface area contributed by atoms with Crippen LogP contribution in [0.3, 0.4) is 0 Å². The zero-order chi connectivity index (χ0) is 26.6. The SMILES string of the molecule is CC(C)(C)OC(=O)N1CCc2c(nc(Cl)nc2N2CCN(C(=O)OCc3ccccc3)[C@H](CC#N)C2)C1. The van der Waals surface area contributed by atoms with Gasteiger partial charge in [0.1, 0.15) is 18.0 Å². The van der Waals surface area contributed by atoms with Gasteiger partial charge in [-0.05, 0) is 44.4 Å². The van der Waals surface area contributed by atoms with Gasteiger partial charge in [-0.15, -0.1) is 0 Å². The summed E-state index contributed by atoms with van der Waals surface area (Å²) >= 11 is 6.29. The van der Waals surface area contributed by atoms with Crippen LogP contribution in [-0.2, 0) is 29.0 Å². The number of piperazine rings is 1. The van der Waals surface area contributed by atoms with Gasteiger partial charge in [0, 0.05) is 31.7 Å². The lowest BCUT2D eigenvalue weighted by atomic mass is 10.0. The molecule has 0 N–H and O–H groups in total. The van der Waals surface area contributed by atoms with Crippen molar-refractivity contribution >= 4 is 29.6 Å².